The molecule has 3 saturated carbocycles. The highest BCUT2D eigenvalue weighted by molar-refractivity contribution is 9.09. The van der Waals surface area contributed by atoms with E-state index in [1.807, 2.05) is 0 Å². The van der Waals surface area contributed by atoms with Crippen molar-refractivity contribution in [3.63, 3.8) is 0 Å². The van der Waals surface area contributed by atoms with E-state index < -0.39 is 0 Å². The maximum Gasteiger partial charge on any atom is 0.308 e. The number of rotatable bonds is 46. The van der Waals surface area contributed by atoms with Gasteiger partial charge in [-0.3, -0.25) is 9.59 Å². The Bertz CT molecular complexity index is 1460. The Balaban J connectivity index is 0.829. The molecule has 4 aliphatic carbocycles. The van der Waals surface area contributed by atoms with Gasteiger partial charge in [0.05, 0.1) is 170 Å². The molecule has 1 amide bonds. The number of hydrogen-bond donors (Lipinski definition) is 1. The fourth-order valence-electron chi connectivity index (χ4n) is 12.0. The molecule has 0 aromatic carbocycles. The largest absolute Gasteiger partial charge is 0.462 e. The summed E-state index contributed by atoms with van der Waals surface area (Å²) < 4.78 is 72.4. The molecule has 73 heavy (non-hydrogen) atoms. The highest BCUT2D eigenvalue weighted by atomic mass is 79.9. The van der Waals surface area contributed by atoms with Crippen molar-refractivity contribution in [1.29, 1.82) is 0 Å². The molecule has 17 heteroatoms. The predicted molar refractivity (Wildman–Crippen MR) is 284 cm³/mol. The lowest BCUT2D eigenvalue weighted by Crippen LogP contribution is -2.51. The summed E-state index contributed by atoms with van der Waals surface area (Å²) in [5.74, 6) is 4.76. The third-order valence-corrected chi connectivity index (χ3v) is 16.3. The van der Waals surface area contributed by atoms with Gasteiger partial charge in [0.25, 0.3) is 0 Å². The van der Waals surface area contributed by atoms with E-state index in [-0.39, 0.29) is 29.8 Å². The molecular formula is C56H100BrNO15. The van der Waals surface area contributed by atoms with Crippen LogP contribution in [0.3, 0.4) is 0 Å². The zero-order valence-corrected chi connectivity index (χ0v) is 47.6. The third kappa shape index (κ3) is 25.4. The highest BCUT2D eigenvalue weighted by Gasteiger charge is 2.59. The van der Waals surface area contributed by atoms with Crippen LogP contribution in [-0.4, -0.2) is 188 Å². The molecule has 4 aliphatic rings. The summed E-state index contributed by atoms with van der Waals surface area (Å²) >= 11 is 3.09. The quantitative estimate of drug-likeness (QED) is 0.0269. The van der Waals surface area contributed by atoms with E-state index in [2.05, 4.69) is 61.9 Å². The van der Waals surface area contributed by atoms with Crippen LogP contribution in [0.2, 0.25) is 0 Å². The minimum Gasteiger partial charge on any atom is -0.462 e. The standard InChI is InChI=1S/C56H100BrNO15/c1-45(2)7-6-8-46(3)50-11-12-51-49-10-9-47-43-48(13-16-55(47,4)52(49)14-17-56(50,51)5)73-54(60)15-19-61-21-23-63-25-27-65-29-31-67-33-35-69-37-39-71-41-42-72-40-38-70-36-34-68-32-30-66-28-26-64-24-22-62-20-18-58-53(59)44-57/h9,45-46,48-52H,6-8,10-44H2,1-5H3,(H,58,59)/t46-,48?,49?,50-,51?,52?,55+,56-/m1/s1. The second-order valence-corrected chi connectivity index (χ2v) is 21.8. The van der Waals surface area contributed by atoms with E-state index in [9.17, 15) is 9.59 Å². The number of nitrogens with one attached hydrogen (secondary N) is 1. The van der Waals surface area contributed by atoms with Crippen LogP contribution >= 0.6 is 15.9 Å². The van der Waals surface area contributed by atoms with Gasteiger partial charge < -0.3 is 66.9 Å². The molecule has 4 rings (SSSR count). The molecule has 0 heterocycles. The highest BCUT2D eigenvalue weighted by Crippen LogP contribution is 2.67. The molecule has 1 N–H and O–H groups in total. The fourth-order valence-corrected chi connectivity index (χ4v) is 12.2. The molecule has 0 spiro atoms. The van der Waals surface area contributed by atoms with Crippen molar-refractivity contribution in [1.82, 2.24) is 5.32 Å². The van der Waals surface area contributed by atoms with Crippen LogP contribution < -0.4 is 5.32 Å². The number of fused-ring (bicyclic) bond motifs is 5. The van der Waals surface area contributed by atoms with Gasteiger partial charge in [0.15, 0.2) is 0 Å². The first-order chi connectivity index (χ1) is 35.6. The van der Waals surface area contributed by atoms with E-state index in [4.69, 9.17) is 61.6 Å². The van der Waals surface area contributed by atoms with Gasteiger partial charge in [-0.2, -0.15) is 0 Å². The summed E-state index contributed by atoms with van der Waals surface area (Å²) in [6.07, 6.45) is 16.8. The Morgan fingerprint density at radius 1 is 0.575 bits per heavy atom. The van der Waals surface area contributed by atoms with E-state index in [1.54, 1.807) is 5.57 Å². The zero-order chi connectivity index (χ0) is 52.3. The van der Waals surface area contributed by atoms with Gasteiger partial charge in [0, 0.05) is 13.0 Å². The summed E-state index contributed by atoms with van der Waals surface area (Å²) in [5.41, 5.74) is 2.32. The van der Waals surface area contributed by atoms with Gasteiger partial charge in [-0.25, -0.2) is 0 Å². The Kier molecular flexibility index (Phi) is 34.4. The van der Waals surface area contributed by atoms with E-state index in [0.717, 1.165) is 54.8 Å². The number of carbonyl (C=O) groups excluding carboxylic acids is 2. The summed E-state index contributed by atoms with van der Waals surface area (Å²) in [4.78, 5) is 23.9. The van der Waals surface area contributed by atoms with Gasteiger partial charge in [-0.15, -0.1) is 0 Å². The number of ether oxygens (including phenoxy) is 13. The molecule has 4 unspecified atom stereocenters. The first-order valence-electron chi connectivity index (χ1n) is 28.2. The van der Waals surface area contributed by atoms with Crippen LogP contribution in [0.15, 0.2) is 11.6 Å². The normalized spacial score (nSPS) is 25.0. The molecule has 426 valence electrons. The van der Waals surface area contributed by atoms with Gasteiger partial charge in [-0.05, 0) is 91.3 Å². The zero-order valence-electron chi connectivity index (χ0n) is 46.0. The van der Waals surface area contributed by atoms with Crippen molar-refractivity contribution < 1.29 is 71.2 Å². The second kappa shape index (κ2) is 39.1. The molecular weight excluding hydrogens is 1010 g/mol. The molecule has 0 aromatic heterocycles. The summed E-state index contributed by atoms with van der Waals surface area (Å²) in [5, 5.41) is 3.00. The summed E-state index contributed by atoms with van der Waals surface area (Å²) in [6, 6.07) is 0. The van der Waals surface area contributed by atoms with Crippen LogP contribution in [0.4, 0.5) is 0 Å². The van der Waals surface area contributed by atoms with Crippen molar-refractivity contribution >= 4 is 27.8 Å². The second-order valence-electron chi connectivity index (χ2n) is 21.2. The summed E-state index contributed by atoms with van der Waals surface area (Å²) in [6.45, 7) is 24.4. The maximum absolute atomic E-state index is 12.8. The Labute approximate surface area is 448 Å². The first kappa shape index (κ1) is 64.2. The minimum atomic E-state index is -0.159. The Morgan fingerprint density at radius 2 is 1.03 bits per heavy atom. The summed E-state index contributed by atoms with van der Waals surface area (Å²) in [7, 11) is 0. The molecule has 8 atom stereocenters. The van der Waals surface area contributed by atoms with Crippen LogP contribution in [-0.2, 0) is 71.2 Å². The van der Waals surface area contributed by atoms with Crippen molar-refractivity contribution in [2.24, 2.45) is 46.3 Å². The third-order valence-electron chi connectivity index (χ3n) is 15.8. The Hall–Kier alpha value is -1.32. The predicted octanol–water partition coefficient (Wildman–Crippen LogP) is 8.04. The average molecular weight is 1110 g/mol. The van der Waals surface area contributed by atoms with Crippen molar-refractivity contribution in [2.45, 2.75) is 118 Å². The lowest BCUT2D eigenvalue weighted by molar-refractivity contribution is -0.152. The van der Waals surface area contributed by atoms with Crippen LogP contribution in [0, 0.1) is 46.3 Å². The van der Waals surface area contributed by atoms with Crippen molar-refractivity contribution in [3.05, 3.63) is 11.6 Å². The topological polar surface area (TPSA) is 166 Å². The Morgan fingerprint density at radius 3 is 1.48 bits per heavy atom. The smallest absolute Gasteiger partial charge is 0.308 e. The van der Waals surface area contributed by atoms with Crippen molar-refractivity contribution in [3.8, 4) is 0 Å². The van der Waals surface area contributed by atoms with Gasteiger partial charge in [-0.1, -0.05) is 81.5 Å². The molecule has 0 aliphatic heterocycles. The first-order valence-corrected chi connectivity index (χ1v) is 29.3. The lowest BCUT2D eigenvalue weighted by Gasteiger charge is -2.58. The number of esters is 1. The van der Waals surface area contributed by atoms with Crippen LogP contribution in [0.5, 0.6) is 0 Å². The molecule has 0 radical (unpaired) electrons. The SMILES string of the molecule is CC(C)CCC[C@@H](C)[C@H]1CCC2C3CC=C4CC(OC(=O)CCOCCOCCOCCOCCOCCOCCOCCOCCOCCOCCOCCOCCNC(=O)CBr)CC[C@]4(C)C3CC[C@@]21C. The fraction of sp³-hybridized carbons (Fsp3) is 0.929. The molecule has 0 aromatic rings. The van der Waals surface area contributed by atoms with E-state index in [0.29, 0.717) is 176 Å². The monoisotopic (exact) mass is 1110 g/mol. The van der Waals surface area contributed by atoms with E-state index in [1.165, 1.54) is 51.4 Å². The number of carbonyl (C=O) groups is 2. The number of halogens is 1. The van der Waals surface area contributed by atoms with Gasteiger partial charge >= 0.3 is 5.97 Å². The molecule has 0 saturated heterocycles. The maximum atomic E-state index is 12.8. The lowest BCUT2D eigenvalue weighted by atomic mass is 9.47. The number of hydrogen-bond acceptors (Lipinski definition) is 15. The van der Waals surface area contributed by atoms with Gasteiger partial charge in [0.2, 0.25) is 5.91 Å². The average Bonchev–Trinajstić information content (AvgIpc) is 3.74. The minimum absolute atomic E-state index is 0.0175. The number of alkyl halides is 1. The van der Waals surface area contributed by atoms with Crippen LogP contribution in [0.1, 0.15) is 112 Å². The van der Waals surface area contributed by atoms with Crippen LogP contribution in [0.25, 0.3) is 0 Å². The molecule has 0 bridgehead atoms. The van der Waals surface area contributed by atoms with Crippen molar-refractivity contribution in [2.75, 3.05) is 170 Å². The number of allylic oxidation sites excluding steroid dienone is 1. The molecule has 3 fully saturated rings. The molecule has 16 nitrogen and oxygen atoms in total. The van der Waals surface area contributed by atoms with E-state index >= 15 is 0 Å². The van der Waals surface area contributed by atoms with Gasteiger partial charge in [0.1, 0.15) is 6.10 Å². The number of amides is 1.